The zero-order chi connectivity index (χ0) is 15.6. The average Bonchev–Trinajstić information content (AvgIpc) is 2.82. The molecule has 0 fully saturated rings. The van der Waals surface area contributed by atoms with Gasteiger partial charge in [-0.05, 0) is 20.8 Å². The second-order valence-electron chi connectivity index (χ2n) is 5.07. The van der Waals surface area contributed by atoms with Crippen LogP contribution in [0.15, 0.2) is 6.33 Å². The summed E-state index contributed by atoms with van der Waals surface area (Å²) in [6, 6.07) is 1.79. The van der Waals surface area contributed by atoms with Gasteiger partial charge in [-0.25, -0.2) is 15.2 Å². The van der Waals surface area contributed by atoms with E-state index >= 15 is 0 Å². The first-order valence-corrected chi connectivity index (χ1v) is 5.96. The van der Waals surface area contributed by atoms with Gasteiger partial charge in [0, 0.05) is 0 Å². The topological polar surface area (TPSA) is 120 Å². The summed E-state index contributed by atoms with van der Waals surface area (Å²) < 4.78 is 5.07. The summed E-state index contributed by atoms with van der Waals surface area (Å²) in [6.07, 6.45) is 0.625. The summed E-state index contributed by atoms with van der Waals surface area (Å²) in [5, 5.41) is 8.89. The van der Waals surface area contributed by atoms with Crippen LogP contribution in [0.2, 0.25) is 0 Å². The van der Waals surface area contributed by atoms with Crippen molar-refractivity contribution in [2.75, 3.05) is 4.92 Å². The molecule has 0 aliphatic carbocycles. The minimum absolute atomic E-state index is 0.0971. The van der Waals surface area contributed by atoms with E-state index in [9.17, 15) is 4.79 Å². The van der Waals surface area contributed by atoms with Gasteiger partial charge >= 0.3 is 6.09 Å². The third kappa shape index (κ3) is 3.39. The number of ether oxygens (including phenoxy) is 1. The molecule has 0 unspecified atom stereocenters. The number of H-pyrrole nitrogens is 1. The first-order chi connectivity index (χ1) is 9.80. The van der Waals surface area contributed by atoms with Crippen molar-refractivity contribution in [2.24, 2.45) is 0 Å². The summed E-state index contributed by atoms with van der Waals surface area (Å²) in [5.41, 5.74) is 2.26. The van der Waals surface area contributed by atoms with Crippen LogP contribution in [0.4, 0.5) is 10.6 Å². The van der Waals surface area contributed by atoms with E-state index in [2.05, 4.69) is 25.4 Å². The molecule has 1 amide bonds. The normalized spacial score (nSPS) is 11.0. The Morgan fingerprint density at radius 1 is 1.52 bits per heavy atom. The van der Waals surface area contributed by atoms with Crippen LogP contribution < -0.4 is 10.3 Å². The summed E-state index contributed by atoms with van der Waals surface area (Å²) in [5.74, 6) is -0.0223. The van der Waals surface area contributed by atoms with Gasteiger partial charge in [-0.2, -0.15) is 15.2 Å². The number of aromatic nitrogens is 4. The van der Waals surface area contributed by atoms with E-state index in [1.807, 2.05) is 0 Å². The highest BCUT2D eigenvalue weighted by atomic mass is 16.6. The number of imidazole rings is 1. The minimum Gasteiger partial charge on any atom is -0.443 e. The number of aromatic amines is 1. The number of anilines is 1. The average molecular weight is 285 g/mol. The molecule has 2 heterocycles. The summed E-state index contributed by atoms with van der Waals surface area (Å²) in [6.45, 7) is 5.16. The molecule has 0 aliphatic heterocycles. The van der Waals surface area contributed by atoms with Crippen molar-refractivity contribution in [3.8, 4) is 6.07 Å². The molecule has 0 spiro atoms. The molecule has 10 heteroatoms. The number of carbonyl (C=O) groups excluding carboxylic acids is 1. The summed E-state index contributed by atoms with van der Waals surface area (Å²) >= 11 is 0. The molecule has 9 nitrogen and oxygen atoms in total. The highest BCUT2D eigenvalue weighted by Gasteiger charge is 2.19. The molecule has 0 aliphatic rings. The first kappa shape index (κ1) is 14.6. The maximum Gasteiger partial charge on any atom is 0.425 e. The van der Waals surface area contributed by atoms with E-state index in [1.165, 1.54) is 6.33 Å². The largest absolute Gasteiger partial charge is 0.443 e. The fraction of sp³-hybridized carbons (Fsp3) is 0.364. The number of rotatable bonds is 2. The Kier molecular flexibility index (Phi) is 3.67. The van der Waals surface area contributed by atoms with E-state index < -0.39 is 11.7 Å². The highest BCUT2D eigenvalue weighted by Crippen LogP contribution is 2.18. The number of nitrogens with zero attached hydrogens (tertiary/aromatic N) is 5. The fourth-order valence-electron chi connectivity index (χ4n) is 1.49. The lowest BCUT2D eigenvalue weighted by atomic mass is 10.2. The van der Waals surface area contributed by atoms with Crippen molar-refractivity contribution in [2.45, 2.75) is 26.4 Å². The number of fused-ring (bicyclic) bond motifs is 1. The zero-order valence-corrected chi connectivity index (χ0v) is 11.7. The van der Waals surface area contributed by atoms with Gasteiger partial charge in [0.25, 0.3) is 7.98 Å². The van der Waals surface area contributed by atoms with Crippen molar-refractivity contribution in [1.29, 1.82) is 5.26 Å². The molecule has 2 N–H and O–H groups in total. The Balaban J connectivity index is 2.27. The van der Waals surface area contributed by atoms with Gasteiger partial charge in [0.2, 0.25) is 5.82 Å². The van der Waals surface area contributed by atoms with Gasteiger partial charge in [0.05, 0.1) is 6.33 Å². The summed E-state index contributed by atoms with van der Waals surface area (Å²) in [7, 11) is 5.74. The molecule has 2 aromatic rings. The van der Waals surface area contributed by atoms with Crippen LogP contribution in [0, 0.1) is 11.3 Å². The molecular weight excluding hydrogens is 273 g/mol. The van der Waals surface area contributed by atoms with Crippen LogP contribution in [0.3, 0.4) is 0 Å². The molecule has 0 saturated heterocycles. The van der Waals surface area contributed by atoms with Gasteiger partial charge in [-0.3, -0.25) is 0 Å². The zero-order valence-electron chi connectivity index (χ0n) is 11.7. The molecule has 2 radical (unpaired) electrons. The minimum atomic E-state index is -0.755. The predicted molar refractivity (Wildman–Crippen MR) is 74.0 cm³/mol. The van der Waals surface area contributed by atoms with Crippen LogP contribution in [-0.2, 0) is 4.74 Å². The molecule has 21 heavy (non-hydrogen) atoms. The molecule has 0 bridgehead atoms. The van der Waals surface area contributed by atoms with Crippen LogP contribution >= 0.6 is 0 Å². The second-order valence-corrected chi connectivity index (χ2v) is 5.07. The Hall–Kier alpha value is -2.83. The third-order valence-corrected chi connectivity index (χ3v) is 2.21. The van der Waals surface area contributed by atoms with Crippen molar-refractivity contribution < 1.29 is 9.53 Å². The molecular formula is C11H12BN7O2. The highest BCUT2D eigenvalue weighted by molar-refractivity contribution is 6.19. The van der Waals surface area contributed by atoms with Gasteiger partial charge < -0.3 is 14.6 Å². The quantitative estimate of drug-likeness (QED) is 0.610. The second kappa shape index (κ2) is 5.28. The number of hydrogen-bond acceptors (Lipinski definition) is 7. The molecule has 0 saturated carbocycles. The monoisotopic (exact) mass is 285 g/mol. The number of hydrogen-bond donors (Lipinski definition) is 2. The van der Waals surface area contributed by atoms with Gasteiger partial charge in [-0.15, -0.1) is 0 Å². The van der Waals surface area contributed by atoms with Gasteiger partial charge in [0.1, 0.15) is 17.2 Å². The molecule has 2 rings (SSSR count). The number of nitrogens with one attached hydrogen (secondary N) is 2. The van der Waals surface area contributed by atoms with E-state index in [-0.39, 0.29) is 17.3 Å². The van der Waals surface area contributed by atoms with Crippen LogP contribution in [0.25, 0.3) is 11.2 Å². The lowest BCUT2D eigenvalue weighted by Crippen LogP contribution is -2.44. The Labute approximate surface area is 121 Å². The number of amides is 1. The smallest absolute Gasteiger partial charge is 0.425 e. The SMILES string of the molecule is [B]N(NC(=O)OC(C)(C)C)c1nc(C#N)nc2nc[nH]c12. The van der Waals surface area contributed by atoms with Crippen molar-refractivity contribution >= 4 is 31.1 Å². The number of hydrazine groups is 1. The third-order valence-electron chi connectivity index (χ3n) is 2.21. The first-order valence-electron chi connectivity index (χ1n) is 5.96. The van der Waals surface area contributed by atoms with Crippen LogP contribution in [-0.4, -0.2) is 39.6 Å². The van der Waals surface area contributed by atoms with Crippen LogP contribution in [0.5, 0.6) is 0 Å². The Bertz CT molecular complexity index is 715. The van der Waals surface area contributed by atoms with E-state index in [0.717, 1.165) is 4.92 Å². The number of nitriles is 1. The van der Waals surface area contributed by atoms with Crippen LogP contribution in [0.1, 0.15) is 26.6 Å². The molecule has 0 atom stereocenters. The molecule has 106 valence electrons. The van der Waals surface area contributed by atoms with Crippen molar-refractivity contribution in [1.82, 2.24) is 25.4 Å². The van der Waals surface area contributed by atoms with E-state index in [1.54, 1.807) is 26.8 Å². The van der Waals surface area contributed by atoms with E-state index in [0.29, 0.717) is 5.52 Å². The Morgan fingerprint density at radius 2 is 2.24 bits per heavy atom. The van der Waals surface area contributed by atoms with Gasteiger partial charge in [-0.1, -0.05) is 0 Å². The van der Waals surface area contributed by atoms with Gasteiger partial charge in [0.15, 0.2) is 11.5 Å². The standard InChI is InChI=1S/C11H12BN7O2/c1-11(2,3)21-10(20)18-19(12)9-7-8(15-5-14-7)16-6(4-13)17-9/h5H,1-3H3,(H,18,20)(H,14,15,16,17). The van der Waals surface area contributed by atoms with E-state index in [4.69, 9.17) is 18.0 Å². The Morgan fingerprint density at radius 3 is 2.86 bits per heavy atom. The maximum atomic E-state index is 11.7. The lowest BCUT2D eigenvalue weighted by Gasteiger charge is -2.24. The molecule has 2 aromatic heterocycles. The maximum absolute atomic E-state index is 11.7. The predicted octanol–water partition coefficient (Wildman–Crippen LogP) is 0.554. The van der Waals surface area contributed by atoms with Crippen molar-refractivity contribution in [3.63, 3.8) is 0 Å². The summed E-state index contributed by atoms with van der Waals surface area (Å²) in [4.78, 5) is 27.1. The van der Waals surface area contributed by atoms with Crippen molar-refractivity contribution in [3.05, 3.63) is 12.2 Å². The molecule has 0 aromatic carbocycles. The number of carbonyl (C=O) groups is 1. The lowest BCUT2D eigenvalue weighted by molar-refractivity contribution is 0.0531. The fourth-order valence-corrected chi connectivity index (χ4v) is 1.49.